The molecule has 1 rings (SSSR count). The van der Waals surface area contributed by atoms with Gasteiger partial charge in [-0.1, -0.05) is 269 Å². The molecule has 412 valence electrons. The lowest BCUT2D eigenvalue weighted by molar-refractivity contribution is -0.302. The second-order valence-corrected chi connectivity index (χ2v) is 21.1. The number of ether oxygens (including phenoxy) is 2. The fourth-order valence-electron chi connectivity index (χ4n) is 9.70. The van der Waals surface area contributed by atoms with Crippen molar-refractivity contribution in [3.05, 3.63) is 36.5 Å². The zero-order chi connectivity index (χ0) is 50.8. The summed E-state index contributed by atoms with van der Waals surface area (Å²) in [4.78, 5) is 13.1. The van der Waals surface area contributed by atoms with Gasteiger partial charge in [-0.2, -0.15) is 0 Å². The normalized spacial score (nSPS) is 19.6. The molecule has 1 fully saturated rings. The quantitative estimate of drug-likeness (QED) is 0.0261. The smallest absolute Gasteiger partial charge is 0.220 e. The average molecular weight is 991 g/mol. The van der Waals surface area contributed by atoms with Gasteiger partial charge < -0.3 is 40.3 Å². The van der Waals surface area contributed by atoms with Crippen LogP contribution in [0.1, 0.15) is 290 Å². The molecule has 6 N–H and O–H groups in total. The second kappa shape index (κ2) is 50.9. The second-order valence-electron chi connectivity index (χ2n) is 21.1. The summed E-state index contributed by atoms with van der Waals surface area (Å²) >= 11 is 0. The van der Waals surface area contributed by atoms with E-state index in [0.717, 1.165) is 51.4 Å². The third-order valence-electron chi connectivity index (χ3n) is 14.5. The standard InChI is InChI=1S/C61H115NO8/c1-3-5-7-9-11-13-15-17-19-20-21-22-23-24-25-26-27-28-29-30-31-32-33-34-35-36-37-39-41-43-45-47-49-51-57(65)62-54(53-69-61-60(68)59(67)58(66)56(52-63)70-61)55(64)50-48-46-44-42-40-38-18-16-14-12-10-8-6-4-2/h15,17,20-21,23-24,54-56,58-61,63-64,66-68H,3-14,16,18-19,22,25-53H2,1-2H3,(H,62,65)/b17-15-,21-20-,24-23-. The average Bonchev–Trinajstić information content (AvgIpc) is 3.36. The molecule has 0 radical (unpaired) electrons. The van der Waals surface area contributed by atoms with Crippen LogP contribution in [-0.2, 0) is 14.3 Å². The first-order valence-corrected chi connectivity index (χ1v) is 30.2. The third-order valence-corrected chi connectivity index (χ3v) is 14.5. The minimum Gasteiger partial charge on any atom is -0.394 e. The van der Waals surface area contributed by atoms with E-state index in [1.807, 2.05) is 0 Å². The topological polar surface area (TPSA) is 149 Å². The van der Waals surface area contributed by atoms with Crippen molar-refractivity contribution in [3.8, 4) is 0 Å². The molecule has 0 aliphatic carbocycles. The molecule has 0 aromatic heterocycles. The minimum atomic E-state index is -1.55. The fourth-order valence-corrected chi connectivity index (χ4v) is 9.70. The highest BCUT2D eigenvalue weighted by molar-refractivity contribution is 5.76. The van der Waals surface area contributed by atoms with Crippen LogP contribution in [0, 0.1) is 0 Å². The molecule has 1 saturated heterocycles. The number of unbranched alkanes of at least 4 members (excludes halogenated alkanes) is 36. The first-order valence-electron chi connectivity index (χ1n) is 30.2. The van der Waals surface area contributed by atoms with Crippen LogP contribution in [0.25, 0.3) is 0 Å². The van der Waals surface area contributed by atoms with Gasteiger partial charge in [-0.25, -0.2) is 0 Å². The zero-order valence-corrected chi connectivity index (χ0v) is 45.8. The van der Waals surface area contributed by atoms with E-state index >= 15 is 0 Å². The van der Waals surface area contributed by atoms with Crippen LogP contribution in [0.2, 0.25) is 0 Å². The van der Waals surface area contributed by atoms with Gasteiger partial charge in [0.15, 0.2) is 6.29 Å². The van der Waals surface area contributed by atoms with E-state index in [2.05, 4.69) is 55.6 Å². The van der Waals surface area contributed by atoms with Crippen molar-refractivity contribution in [2.24, 2.45) is 0 Å². The monoisotopic (exact) mass is 990 g/mol. The Hall–Kier alpha value is -1.59. The lowest BCUT2D eigenvalue weighted by atomic mass is 9.99. The number of carbonyl (C=O) groups is 1. The maximum Gasteiger partial charge on any atom is 0.220 e. The van der Waals surface area contributed by atoms with Crippen molar-refractivity contribution < 1.29 is 39.8 Å². The molecule has 0 spiro atoms. The van der Waals surface area contributed by atoms with Gasteiger partial charge in [0, 0.05) is 6.42 Å². The Balaban J connectivity index is 2.10. The van der Waals surface area contributed by atoms with Gasteiger partial charge in [0.2, 0.25) is 5.91 Å². The summed E-state index contributed by atoms with van der Waals surface area (Å²) in [6.07, 6.45) is 59.0. The number of carbonyl (C=O) groups excluding carboxylic acids is 1. The van der Waals surface area contributed by atoms with Crippen molar-refractivity contribution in [1.82, 2.24) is 5.32 Å². The van der Waals surface area contributed by atoms with Gasteiger partial charge in [0.05, 0.1) is 25.4 Å². The van der Waals surface area contributed by atoms with Gasteiger partial charge >= 0.3 is 0 Å². The molecule has 9 nitrogen and oxygen atoms in total. The van der Waals surface area contributed by atoms with Crippen LogP contribution in [-0.4, -0.2) is 87.5 Å². The first kappa shape index (κ1) is 66.4. The summed E-state index contributed by atoms with van der Waals surface area (Å²) in [7, 11) is 0. The van der Waals surface area contributed by atoms with Gasteiger partial charge in [0.1, 0.15) is 24.4 Å². The number of allylic oxidation sites excluding steroid dienone is 6. The Labute approximate surface area is 431 Å². The summed E-state index contributed by atoms with van der Waals surface area (Å²) in [5.41, 5.74) is 0. The zero-order valence-electron chi connectivity index (χ0n) is 45.8. The Morgan fingerprint density at radius 3 is 1.24 bits per heavy atom. The lowest BCUT2D eigenvalue weighted by Gasteiger charge is -2.40. The maximum absolute atomic E-state index is 13.1. The molecular weight excluding hydrogens is 875 g/mol. The summed E-state index contributed by atoms with van der Waals surface area (Å²) in [5, 5.41) is 54.6. The Bertz CT molecular complexity index is 1190. The molecule has 1 amide bonds. The molecule has 0 aromatic carbocycles. The van der Waals surface area contributed by atoms with E-state index in [4.69, 9.17) is 9.47 Å². The maximum atomic E-state index is 13.1. The van der Waals surface area contributed by atoms with E-state index in [9.17, 15) is 30.3 Å². The SMILES string of the molecule is CCCCCCC/C=C\C/C=C\C/C=C\CCCCCCCCCCCCCCCCCCCCC(=O)NC(COC1OC(CO)C(O)C(O)C1O)C(O)CCCCCCCCCCCCCCCC. The highest BCUT2D eigenvalue weighted by Gasteiger charge is 2.44. The summed E-state index contributed by atoms with van der Waals surface area (Å²) in [5.74, 6) is -0.141. The van der Waals surface area contributed by atoms with Crippen LogP contribution in [0.4, 0.5) is 0 Å². The molecule has 0 bridgehead atoms. The molecule has 1 aliphatic heterocycles. The first-order chi connectivity index (χ1) is 34.3. The number of nitrogens with one attached hydrogen (secondary N) is 1. The van der Waals surface area contributed by atoms with Gasteiger partial charge in [-0.3, -0.25) is 4.79 Å². The number of rotatable bonds is 52. The summed E-state index contributed by atoms with van der Waals surface area (Å²) < 4.78 is 11.3. The highest BCUT2D eigenvalue weighted by atomic mass is 16.7. The van der Waals surface area contributed by atoms with E-state index < -0.39 is 49.5 Å². The van der Waals surface area contributed by atoms with Crippen LogP contribution in [0.5, 0.6) is 0 Å². The Morgan fingerprint density at radius 1 is 0.486 bits per heavy atom. The van der Waals surface area contributed by atoms with Crippen molar-refractivity contribution in [2.75, 3.05) is 13.2 Å². The lowest BCUT2D eigenvalue weighted by Crippen LogP contribution is -2.60. The molecule has 7 atom stereocenters. The van der Waals surface area contributed by atoms with E-state index in [1.54, 1.807) is 0 Å². The molecule has 7 unspecified atom stereocenters. The number of aliphatic hydroxyl groups excluding tert-OH is 5. The fraction of sp³-hybridized carbons (Fsp3) is 0.885. The van der Waals surface area contributed by atoms with Crippen molar-refractivity contribution in [2.45, 2.75) is 333 Å². The van der Waals surface area contributed by atoms with Gasteiger partial charge in [0.25, 0.3) is 0 Å². The van der Waals surface area contributed by atoms with E-state index in [0.29, 0.717) is 12.8 Å². The molecule has 0 saturated carbocycles. The molecule has 1 aliphatic rings. The highest BCUT2D eigenvalue weighted by Crippen LogP contribution is 2.23. The van der Waals surface area contributed by atoms with Crippen LogP contribution >= 0.6 is 0 Å². The molecule has 1 heterocycles. The molecule has 9 heteroatoms. The predicted octanol–water partition coefficient (Wildman–Crippen LogP) is 15.1. The third kappa shape index (κ3) is 39.9. The Morgan fingerprint density at radius 2 is 0.843 bits per heavy atom. The van der Waals surface area contributed by atoms with E-state index in [1.165, 1.54) is 212 Å². The van der Waals surface area contributed by atoms with Crippen LogP contribution in [0.3, 0.4) is 0 Å². The molecule has 70 heavy (non-hydrogen) atoms. The van der Waals surface area contributed by atoms with Crippen LogP contribution < -0.4 is 5.32 Å². The van der Waals surface area contributed by atoms with Crippen molar-refractivity contribution in [3.63, 3.8) is 0 Å². The predicted molar refractivity (Wildman–Crippen MR) is 295 cm³/mol. The van der Waals surface area contributed by atoms with Crippen molar-refractivity contribution in [1.29, 1.82) is 0 Å². The van der Waals surface area contributed by atoms with E-state index in [-0.39, 0.29) is 12.5 Å². The van der Waals surface area contributed by atoms with Gasteiger partial charge in [-0.05, 0) is 51.4 Å². The largest absolute Gasteiger partial charge is 0.394 e. The van der Waals surface area contributed by atoms with Crippen molar-refractivity contribution >= 4 is 5.91 Å². The minimum absolute atomic E-state index is 0.135. The summed E-state index contributed by atoms with van der Waals surface area (Å²) in [6, 6.07) is -0.717. The Kier molecular flexibility index (Phi) is 48.3. The number of aliphatic hydroxyl groups is 5. The van der Waals surface area contributed by atoms with Gasteiger partial charge in [-0.15, -0.1) is 0 Å². The number of hydrogen-bond donors (Lipinski definition) is 6. The van der Waals surface area contributed by atoms with Crippen LogP contribution in [0.15, 0.2) is 36.5 Å². The summed E-state index contributed by atoms with van der Waals surface area (Å²) in [6.45, 7) is 3.85. The molecule has 0 aromatic rings. The number of hydrogen-bond acceptors (Lipinski definition) is 8. The molecular formula is C61H115NO8. The number of amides is 1.